The Balaban J connectivity index is 2.60. The van der Waals surface area contributed by atoms with Crippen molar-refractivity contribution in [1.82, 2.24) is 0 Å². The summed E-state index contributed by atoms with van der Waals surface area (Å²) in [6, 6.07) is 0. The van der Waals surface area contributed by atoms with Gasteiger partial charge in [0, 0.05) is 5.41 Å². The van der Waals surface area contributed by atoms with E-state index in [2.05, 4.69) is 0 Å². The predicted molar refractivity (Wildman–Crippen MR) is 50.8 cm³/mol. The van der Waals surface area contributed by atoms with Crippen molar-refractivity contribution >= 4 is 22.8 Å². The highest BCUT2D eigenvalue weighted by atomic mass is 35.5. The average Bonchev–Trinajstić information content (AvgIpc) is 2.34. The van der Waals surface area contributed by atoms with Crippen LogP contribution in [0, 0.1) is 10.8 Å². The first kappa shape index (κ1) is 9.97. The molecule has 0 radical (unpaired) electrons. The van der Waals surface area contributed by atoms with Crippen molar-refractivity contribution in [2.75, 3.05) is 0 Å². The third-order valence-electron chi connectivity index (χ3n) is 4.40. The summed E-state index contributed by atoms with van der Waals surface area (Å²) >= 11 is 5.56. The number of ether oxygens (including phenoxy) is 1. The lowest BCUT2D eigenvalue weighted by Crippen LogP contribution is -2.45. The third-order valence-corrected chi connectivity index (χ3v) is 4.71. The zero-order valence-electron chi connectivity index (χ0n) is 8.52. The lowest BCUT2D eigenvalue weighted by atomic mass is 9.67. The first-order valence-corrected chi connectivity index (χ1v) is 5.09. The van der Waals surface area contributed by atoms with Crippen molar-refractivity contribution in [3.05, 3.63) is 0 Å². The van der Waals surface area contributed by atoms with Crippen LogP contribution >= 0.6 is 11.6 Å². The first-order valence-electron chi connectivity index (χ1n) is 4.71. The van der Waals surface area contributed by atoms with Gasteiger partial charge in [-0.1, -0.05) is 13.8 Å². The van der Waals surface area contributed by atoms with E-state index in [0.29, 0.717) is 12.8 Å². The smallest absolute Gasteiger partial charge is 0.313 e. The molecule has 0 aromatic carbocycles. The largest absolute Gasteiger partial charge is 0.449 e. The van der Waals surface area contributed by atoms with Gasteiger partial charge >= 0.3 is 5.97 Å². The Morgan fingerprint density at radius 3 is 2.14 bits per heavy atom. The number of fused-ring (bicyclic) bond motifs is 2. The van der Waals surface area contributed by atoms with Crippen LogP contribution in [0.1, 0.15) is 33.6 Å². The van der Waals surface area contributed by atoms with E-state index in [1.165, 1.54) is 0 Å². The molecule has 0 amide bonds. The zero-order valence-corrected chi connectivity index (χ0v) is 9.27. The van der Waals surface area contributed by atoms with Crippen LogP contribution in [-0.4, -0.2) is 16.8 Å². The fourth-order valence-electron chi connectivity index (χ4n) is 2.69. The molecule has 2 rings (SSSR count). The van der Waals surface area contributed by atoms with Crippen LogP contribution in [0.25, 0.3) is 0 Å². The van der Waals surface area contributed by atoms with Crippen LogP contribution in [-0.2, 0) is 14.3 Å². The van der Waals surface area contributed by atoms with E-state index in [-0.39, 0.29) is 5.97 Å². The molecular formula is C10H13ClO3. The molecule has 14 heavy (non-hydrogen) atoms. The van der Waals surface area contributed by atoms with Crippen molar-refractivity contribution < 1.29 is 14.3 Å². The Morgan fingerprint density at radius 1 is 1.36 bits per heavy atom. The van der Waals surface area contributed by atoms with Crippen LogP contribution in [0.3, 0.4) is 0 Å². The second-order valence-corrected chi connectivity index (χ2v) is 5.29. The summed E-state index contributed by atoms with van der Waals surface area (Å²) in [6.45, 7) is 5.61. The maximum Gasteiger partial charge on any atom is 0.313 e. The van der Waals surface area contributed by atoms with Gasteiger partial charge in [-0.25, -0.2) is 0 Å². The molecule has 2 fully saturated rings. The first-order chi connectivity index (χ1) is 6.28. The minimum atomic E-state index is -1.08. The van der Waals surface area contributed by atoms with Gasteiger partial charge < -0.3 is 4.74 Å². The summed E-state index contributed by atoms with van der Waals surface area (Å²) in [5, 5.41) is -0.544. The molecule has 2 atom stereocenters. The molecule has 1 saturated carbocycles. The zero-order chi connectivity index (χ0) is 10.8. The quantitative estimate of drug-likeness (QED) is 0.497. The van der Waals surface area contributed by atoms with Gasteiger partial charge in [0.25, 0.3) is 5.24 Å². The number of carbonyl (C=O) groups excluding carboxylic acids is 2. The van der Waals surface area contributed by atoms with Crippen LogP contribution in [0.5, 0.6) is 0 Å². The maximum atomic E-state index is 11.6. The van der Waals surface area contributed by atoms with Gasteiger partial charge in [0.2, 0.25) is 0 Å². The van der Waals surface area contributed by atoms with Crippen molar-refractivity contribution in [3.63, 3.8) is 0 Å². The molecule has 78 valence electrons. The normalized spacial score (nSPS) is 43.9. The fourth-order valence-corrected chi connectivity index (χ4v) is 3.06. The van der Waals surface area contributed by atoms with Gasteiger partial charge in [-0.2, -0.15) is 0 Å². The second kappa shape index (κ2) is 2.32. The Kier molecular flexibility index (Phi) is 1.65. The number of carbonyl (C=O) groups is 2. The Hall–Kier alpha value is -0.570. The number of hydrogen-bond donors (Lipinski definition) is 0. The molecule has 1 heterocycles. The molecule has 1 aliphatic heterocycles. The predicted octanol–water partition coefficient (Wildman–Crippen LogP) is 1.87. The minimum absolute atomic E-state index is 0.289. The molecule has 1 aliphatic carbocycles. The lowest BCUT2D eigenvalue weighted by molar-refractivity contribution is -0.164. The van der Waals surface area contributed by atoms with Gasteiger partial charge in [0.1, 0.15) is 0 Å². The summed E-state index contributed by atoms with van der Waals surface area (Å²) < 4.78 is 5.21. The molecule has 0 spiro atoms. The van der Waals surface area contributed by atoms with Gasteiger partial charge in [-0.15, -0.1) is 0 Å². The van der Waals surface area contributed by atoms with Crippen LogP contribution in [0.2, 0.25) is 0 Å². The monoisotopic (exact) mass is 216 g/mol. The van der Waals surface area contributed by atoms with Gasteiger partial charge in [-0.05, 0) is 31.4 Å². The highest BCUT2D eigenvalue weighted by Gasteiger charge is 2.75. The average molecular weight is 217 g/mol. The molecule has 4 heteroatoms. The summed E-state index contributed by atoms with van der Waals surface area (Å²) in [6.07, 6.45) is 1.22. The van der Waals surface area contributed by atoms with Crippen LogP contribution in [0.4, 0.5) is 0 Å². The van der Waals surface area contributed by atoms with E-state index < -0.39 is 21.7 Å². The second-order valence-electron chi connectivity index (χ2n) is 4.95. The number of halogens is 1. The van der Waals surface area contributed by atoms with Gasteiger partial charge in [0.05, 0.1) is 5.41 Å². The summed E-state index contributed by atoms with van der Waals surface area (Å²) in [4.78, 5) is 23.1. The van der Waals surface area contributed by atoms with E-state index in [0.717, 1.165) is 0 Å². The fraction of sp³-hybridized carbons (Fsp3) is 0.800. The van der Waals surface area contributed by atoms with E-state index in [9.17, 15) is 9.59 Å². The molecule has 0 N–H and O–H groups in total. The van der Waals surface area contributed by atoms with Crippen LogP contribution < -0.4 is 0 Å². The summed E-state index contributed by atoms with van der Waals surface area (Å²) in [5.41, 5.74) is -2.14. The topological polar surface area (TPSA) is 43.4 Å². The van der Waals surface area contributed by atoms with Gasteiger partial charge in [0.15, 0.2) is 5.60 Å². The van der Waals surface area contributed by atoms with E-state index in [4.69, 9.17) is 16.3 Å². The van der Waals surface area contributed by atoms with Crippen molar-refractivity contribution in [2.45, 2.75) is 39.2 Å². The van der Waals surface area contributed by atoms with E-state index >= 15 is 0 Å². The molecule has 0 unspecified atom stereocenters. The minimum Gasteiger partial charge on any atom is -0.449 e. The van der Waals surface area contributed by atoms with Crippen molar-refractivity contribution in [3.8, 4) is 0 Å². The maximum absolute atomic E-state index is 11.6. The Morgan fingerprint density at radius 2 is 1.93 bits per heavy atom. The molecule has 0 aromatic rings. The Bertz CT molecular complexity index is 336. The summed E-state index contributed by atoms with van der Waals surface area (Å²) in [7, 11) is 0. The molecule has 3 nitrogen and oxygen atoms in total. The molecular weight excluding hydrogens is 204 g/mol. The number of rotatable bonds is 1. The standard InChI is InChI=1S/C10H13ClO3/c1-8(2)9(3)4-5-10(8,6(11)12)14-7(9)13/h4-5H2,1-3H3/t9-,10+/m1/s1. The molecule has 2 bridgehead atoms. The number of hydrogen-bond acceptors (Lipinski definition) is 3. The highest BCUT2D eigenvalue weighted by molar-refractivity contribution is 6.65. The van der Waals surface area contributed by atoms with Crippen molar-refractivity contribution in [1.29, 1.82) is 0 Å². The van der Waals surface area contributed by atoms with Crippen LogP contribution in [0.15, 0.2) is 0 Å². The lowest BCUT2D eigenvalue weighted by Gasteiger charge is -2.33. The highest BCUT2D eigenvalue weighted by Crippen LogP contribution is 2.66. The Labute approximate surface area is 87.8 Å². The SMILES string of the molecule is CC1(C)[C@@]2(C(=O)Cl)CC[C@]1(C)C(=O)O2. The third kappa shape index (κ3) is 0.724. The molecule has 0 aromatic heterocycles. The molecule has 1 saturated heterocycles. The van der Waals surface area contributed by atoms with Gasteiger partial charge in [-0.3, -0.25) is 9.59 Å². The van der Waals surface area contributed by atoms with Crippen molar-refractivity contribution in [2.24, 2.45) is 10.8 Å². The van der Waals surface area contributed by atoms with E-state index in [1.54, 1.807) is 0 Å². The van der Waals surface area contributed by atoms with E-state index in [1.807, 2.05) is 20.8 Å². The molecule has 2 aliphatic rings. The number of esters is 1. The summed E-state index contributed by atoms with van der Waals surface area (Å²) in [5.74, 6) is -0.289.